The molecule has 0 bridgehead atoms. The van der Waals surface area contributed by atoms with Crippen LogP contribution in [0.5, 0.6) is 0 Å². The number of rotatable bonds is 7. The van der Waals surface area contributed by atoms with Crippen LogP contribution in [0, 0.1) is 0 Å². The summed E-state index contributed by atoms with van der Waals surface area (Å²) in [6.07, 6.45) is 0. The normalized spacial score (nSPS) is 14.8. The van der Waals surface area contributed by atoms with E-state index in [9.17, 15) is 0 Å². The number of halogens is 1. The Bertz CT molecular complexity index is 789. The van der Waals surface area contributed by atoms with Crippen molar-refractivity contribution in [2.75, 3.05) is 44.3 Å². The first-order valence-electron chi connectivity index (χ1n) is 10.6. The van der Waals surface area contributed by atoms with Gasteiger partial charge in [0.15, 0.2) is 5.96 Å². The van der Waals surface area contributed by atoms with Crippen molar-refractivity contribution in [3.8, 4) is 0 Å². The highest BCUT2D eigenvalue weighted by molar-refractivity contribution is 14.0. The van der Waals surface area contributed by atoms with E-state index in [0.717, 1.165) is 45.4 Å². The van der Waals surface area contributed by atoms with Crippen LogP contribution in [-0.4, -0.2) is 45.4 Å². The molecule has 0 atom stereocenters. The molecule has 5 nitrogen and oxygen atoms in total. The number of anilines is 1. The Morgan fingerprint density at radius 1 is 1.00 bits per heavy atom. The van der Waals surface area contributed by atoms with Crippen LogP contribution in [0.2, 0.25) is 0 Å². The number of hydrogen-bond acceptors (Lipinski definition) is 3. The average molecular weight is 522 g/mol. The van der Waals surface area contributed by atoms with Crippen molar-refractivity contribution in [3.05, 3.63) is 65.7 Å². The first-order chi connectivity index (χ1) is 14.1. The lowest BCUT2D eigenvalue weighted by atomic mass is 9.85. The Balaban J connectivity index is 0.00000320. The molecule has 1 fully saturated rings. The molecule has 1 aliphatic heterocycles. The molecule has 0 saturated carbocycles. The van der Waals surface area contributed by atoms with Crippen molar-refractivity contribution in [1.29, 1.82) is 0 Å². The predicted molar refractivity (Wildman–Crippen MR) is 137 cm³/mol. The number of benzene rings is 2. The molecule has 1 heterocycles. The lowest BCUT2D eigenvalue weighted by Crippen LogP contribution is -2.43. The van der Waals surface area contributed by atoms with Crippen molar-refractivity contribution in [2.45, 2.75) is 32.7 Å². The summed E-state index contributed by atoms with van der Waals surface area (Å²) in [6.45, 7) is 12.4. The molecule has 2 N–H and O–H groups in total. The molecule has 30 heavy (non-hydrogen) atoms. The van der Waals surface area contributed by atoms with Gasteiger partial charge >= 0.3 is 0 Å². The molecular formula is C24H35IN4O. The Kier molecular flexibility index (Phi) is 9.91. The predicted octanol–water partition coefficient (Wildman–Crippen LogP) is 4.17. The average Bonchev–Trinajstić information content (AvgIpc) is 2.77. The molecule has 1 aliphatic rings. The summed E-state index contributed by atoms with van der Waals surface area (Å²) in [5.41, 5.74) is 3.85. The van der Waals surface area contributed by atoms with E-state index in [1.165, 1.54) is 16.8 Å². The van der Waals surface area contributed by atoms with Gasteiger partial charge in [-0.2, -0.15) is 0 Å². The third-order valence-corrected chi connectivity index (χ3v) is 5.35. The second-order valence-corrected chi connectivity index (χ2v) is 8.03. The number of nitrogens with zero attached hydrogens (tertiary/aromatic N) is 2. The van der Waals surface area contributed by atoms with Crippen LogP contribution in [0.25, 0.3) is 0 Å². The van der Waals surface area contributed by atoms with Crippen LogP contribution in [-0.2, 0) is 16.7 Å². The minimum Gasteiger partial charge on any atom is -0.378 e. The molecule has 3 rings (SSSR count). The summed E-state index contributed by atoms with van der Waals surface area (Å²) in [4.78, 5) is 7.27. The summed E-state index contributed by atoms with van der Waals surface area (Å²) in [7, 11) is 0. The van der Waals surface area contributed by atoms with E-state index >= 15 is 0 Å². The van der Waals surface area contributed by atoms with Crippen molar-refractivity contribution in [3.63, 3.8) is 0 Å². The number of hydrogen-bond donors (Lipinski definition) is 2. The number of para-hydroxylation sites is 1. The van der Waals surface area contributed by atoms with E-state index in [2.05, 4.69) is 90.9 Å². The number of nitrogens with one attached hydrogen (secondary N) is 2. The molecule has 6 heteroatoms. The maximum Gasteiger partial charge on any atom is 0.191 e. The minimum absolute atomic E-state index is 0. The van der Waals surface area contributed by atoms with Crippen LogP contribution in [0.15, 0.2) is 59.6 Å². The van der Waals surface area contributed by atoms with E-state index in [4.69, 9.17) is 9.73 Å². The highest BCUT2D eigenvalue weighted by Gasteiger charge is 2.20. The van der Waals surface area contributed by atoms with Gasteiger partial charge in [-0.05, 0) is 24.1 Å². The summed E-state index contributed by atoms with van der Waals surface area (Å²) < 4.78 is 5.50. The fourth-order valence-electron chi connectivity index (χ4n) is 3.56. The van der Waals surface area contributed by atoms with Gasteiger partial charge in [0.1, 0.15) is 0 Å². The summed E-state index contributed by atoms with van der Waals surface area (Å²) in [5.74, 6) is 0.855. The van der Waals surface area contributed by atoms with Gasteiger partial charge in [0, 0.05) is 37.3 Å². The third-order valence-electron chi connectivity index (χ3n) is 5.35. The molecule has 0 spiro atoms. The van der Waals surface area contributed by atoms with Crippen molar-refractivity contribution in [1.82, 2.24) is 10.6 Å². The van der Waals surface area contributed by atoms with Gasteiger partial charge in [-0.25, -0.2) is 4.99 Å². The Labute approximate surface area is 198 Å². The molecule has 2 aromatic carbocycles. The number of ether oxygens (including phenoxy) is 1. The maximum atomic E-state index is 5.50. The zero-order valence-electron chi connectivity index (χ0n) is 18.4. The van der Waals surface area contributed by atoms with Gasteiger partial charge in [0.05, 0.1) is 19.8 Å². The topological polar surface area (TPSA) is 48.9 Å². The van der Waals surface area contributed by atoms with Crippen LogP contribution in [0.4, 0.5) is 5.69 Å². The van der Waals surface area contributed by atoms with Crippen molar-refractivity contribution < 1.29 is 4.74 Å². The first-order valence-corrected chi connectivity index (χ1v) is 10.6. The Morgan fingerprint density at radius 2 is 1.67 bits per heavy atom. The van der Waals surface area contributed by atoms with Crippen LogP contribution >= 0.6 is 24.0 Å². The summed E-state index contributed by atoms with van der Waals surface area (Å²) in [6, 6.07) is 19.2. The van der Waals surface area contributed by atoms with Crippen LogP contribution < -0.4 is 15.5 Å². The molecule has 0 aromatic heterocycles. The zero-order chi connectivity index (χ0) is 20.5. The Hall–Kier alpha value is -1.80. The van der Waals surface area contributed by atoms with Gasteiger partial charge in [0.25, 0.3) is 0 Å². The fraction of sp³-hybridized carbons (Fsp3) is 0.458. The first kappa shape index (κ1) is 24.5. The molecule has 0 radical (unpaired) electrons. The van der Waals surface area contributed by atoms with Gasteiger partial charge < -0.3 is 20.3 Å². The van der Waals surface area contributed by atoms with Gasteiger partial charge in [-0.1, -0.05) is 62.4 Å². The monoisotopic (exact) mass is 522 g/mol. The molecule has 164 valence electrons. The summed E-state index contributed by atoms with van der Waals surface area (Å²) >= 11 is 0. The van der Waals surface area contributed by atoms with Gasteiger partial charge in [0.2, 0.25) is 0 Å². The van der Waals surface area contributed by atoms with Crippen LogP contribution in [0.3, 0.4) is 0 Å². The van der Waals surface area contributed by atoms with E-state index in [1.807, 2.05) is 0 Å². The van der Waals surface area contributed by atoms with Gasteiger partial charge in [-0.15, -0.1) is 24.0 Å². The number of aliphatic imine (C=N–C) groups is 1. The molecule has 0 amide bonds. The van der Waals surface area contributed by atoms with Crippen molar-refractivity contribution >= 4 is 35.6 Å². The van der Waals surface area contributed by atoms with E-state index in [0.29, 0.717) is 6.54 Å². The lowest BCUT2D eigenvalue weighted by molar-refractivity contribution is 0.122. The quantitative estimate of drug-likeness (QED) is 0.326. The molecule has 1 saturated heterocycles. The molecule has 0 unspecified atom stereocenters. The SMILES string of the molecule is CCNC(=NCc1ccccc1N1CCOCC1)NCC(C)(C)c1ccccc1.I. The molecular weight excluding hydrogens is 487 g/mol. The largest absolute Gasteiger partial charge is 0.378 e. The van der Waals surface area contributed by atoms with E-state index < -0.39 is 0 Å². The van der Waals surface area contributed by atoms with Crippen molar-refractivity contribution in [2.24, 2.45) is 4.99 Å². The lowest BCUT2D eigenvalue weighted by Gasteiger charge is -2.30. The standard InChI is InChI=1S/C24H34N4O.HI/c1-4-25-23(27-19-24(2,3)21-11-6-5-7-12-21)26-18-20-10-8-9-13-22(20)28-14-16-29-17-15-28;/h5-13H,4,14-19H2,1-3H3,(H2,25,26,27);1H. The fourth-order valence-corrected chi connectivity index (χ4v) is 3.56. The minimum atomic E-state index is 0. The molecule has 0 aliphatic carbocycles. The third kappa shape index (κ3) is 6.87. The number of guanidine groups is 1. The number of morpholine rings is 1. The smallest absolute Gasteiger partial charge is 0.191 e. The second kappa shape index (κ2) is 12.2. The van der Waals surface area contributed by atoms with Gasteiger partial charge in [-0.3, -0.25) is 0 Å². The van der Waals surface area contributed by atoms with E-state index in [-0.39, 0.29) is 29.4 Å². The second-order valence-electron chi connectivity index (χ2n) is 8.03. The van der Waals surface area contributed by atoms with Crippen LogP contribution in [0.1, 0.15) is 31.9 Å². The highest BCUT2D eigenvalue weighted by Crippen LogP contribution is 2.23. The maximum absolute atomic E-state index is 5.50. The molecule has 2 aromatic rings. The van der Waals surface area contributed by atoms with E-state index in [1.54, 1.807) is 0 Å². The summed E-state index contributed by atoms with van der Waals surface area (Å²) in [5, 5.41) is 6.92. The Morgan fingerprint density at radius 3 is 2.37 bits per heavy atom. The zero-order valence-corrected chi connectivity index (χ0v) is 20.7. The highest BCUT2D eigenvalue weighted by atomic mass is 127.